The fourth-order valence-corrected chi connectivity index (χ4v) is 0.698. The van der Waals surface area contributed by atoms with Crippen molar-refractivity contribution in [3.63, 3.8) is 0 Å². The van der Waals surface area contributed by atoms with Gasteiger partial charge < -0.3 is 0 Å². The summed E-state index contributed by atoms with van der Waals surface area (Å²) in [5.74, 6) is 0. The number of allylic oxidation sites excluding steroid dienone is 4. The van der Waals surface area contributed by atoms with E-state index in [1.54, 1.807) is 12.2 Å². The molecular formula is C7H7FO. The minimum absolute atomic E-state index is 0.174. The maximum Gasteiger partial charge on any atom is 0.187 e. The molecular weight excluding hydrogens is 119 g/mol. The maximum absolute atomic E-state index is 12.8. The van der Waals surface area contributed by atoms with E-state index in [1.807, 2.05) is 0 Å². The lowest BCUT2D eigenvalue weighted by molar-refractivity contribution is -0.115. The van der Waals surface area contributed by atoms with Crippen LogP contribution in [0.4, 0.5) is 4.39 Å². The highest BCUT2D eigenvalue weighted by Crippen LogP contribution is 2.18. The molecule has 1 aliphatic carbocycles. The topological polar surface area (TPSA) is 17.1 Å². The Morgan fingerprint density at radius 2 is 2.33 bits per heavy atom. The molecule has 0 saturated heterocycles. The zero-order valence-corrected chi connectivity index (χ0v) is 4.88. The van der Waals surface area contributed by atoms with Gasteiger partial charge in [0, 0.05) is 6.42 Å². The van der Waals surface area contributed by atoms with Crippen LogP contribution in [-0.4, -0.2) is 12.0 Å². The van der Waals surface area contributed by atoms with Crippen LogP contribution in [0.1, 0.15) is 6.42 Å². The molecule has 0 bridgehead atoms. The van der Waals surface area contributed by atoms with Gasteiger partial charge in [0.1, 0.15) is 0 Å². The highest BCUT2D eigenvalue weighted by Gasteiger charge is 2.24. The van der Waals surface area contributed by atoms with Crippen molar-refractivity contribution in [1.29, 1.82) is 0 Å². The average Bonchev–Trinajstić information content (AvgIpc) is 1.90. The van der Waals surface area contributed by atoms with Gasteiger partial charge >= 0.3 is 0 Å². The van der Waals surface area contributed by atoms with Crippen LogP contribution in [-0.2, 0) is 4.79 Å². The van der Waals surface area contributed by atoms with Crippen LogP contribution in [0, 0.1) is 0 Å². The summed E-state index contributed by atoms with van der Waals surface area (Å²) in [5, 5.41) is 0. The zero-order chi connectivity index (χ0) is 6.74. The van der Waals surface area contributed by atoms with Crippen LogP contribution >= 0.6 is 0 Å². The molecule has 1 nitrogen and oxygen atoms in total. The normalized spacial score (nSPS) is 32.6. The Morgan fingerprint density at radius 3 is 2.67 bits per heavy atom. The van der Waals surface area contributed by atoms with Crippen molar-refractivity contribution in [3.05, 3.63) is 24.3 Å². The Hall–Kier alpha value is -0.920. The first-order valence-corrected chi connectivity index (χ1v) is 2.76. The van der Waals surface area contributed by atoms with Gasteiger partial charge in [-0.1, -0.05) is 18.2 Å². The highest BCUT2D eigenvalue weighted by molar-refractivity contribution is 5.67. The lowest BCUT2D eigenvalue weighted by Crippen LogP contribution is -2.21. The van der Waals surface area contributed by atoms with Crippen molar-refractivity contribution in [1.82, 2.24) is 0 Å². The quantitative estimate of drug-likeness (QED) is 0.485. The number of alkyl halides is 1. The van der Waals surface area contributed by atoms with Crippen molar-refractivity contribution >= 4 is 6.29 Å². The first kappa shape index (κ1) is 6.20. The molecule has 0 aromatic carbocycles. The lowest BCUT2D eigenvalue weighted by atomic mass is 10.00. The first-order valence-electron chi connectivity index (χ1n) is 2.76. The van der Waals surface area contributed by atoms with Crippen LogP contribution in [0.25, 0.3) is 0 Å². The largest absolute Gasteiger partial charge is 0.299 e. The summed E-state index contributed by atoms with van der Waals surface area (Å²) in [7, 11) is 0. The number of aldehydes is 1. The summed E-state index contributed by atoms with van der Waals surface area (Å²) >= 11 is 0. The molecule has 1 aliphatic rings. The Balaban J connectivity index is 2.73. The fraction of sp³-hybridized carbons (Fsp3) is 0.286. The molecule has 0 fully saturated rings. The zero-order valence-electron chi connectivity index (χ0n) is 4.88. The Labute approximate surface area is 52.9 Å². The number of halogens is 1. The van der Waals surface area contributed by atoms with Gasteiger partial charge in [-0.15, -0.1) is 0 Å². The van der Waals surface area contributed by atoms with E-state index in [-0.39, 0.29) is 6.42 Å². The second-order valence-corrected chi connectivity index (χ2v) is 2.04. The van der Waals surface area contributed by atoms with Gasteiger partial charge in [-0.3, -0.25) is 4.79 Å². The SMILES string of the molecule is O=CC1(F)C=CC=CC1. The van der Waals surface area contributed by atoms with E-state index in [1.165, 1.54) is 12.2 Å². The second kappa shape index (κ2) is 2.13. The number of rotatable bonds is 1. The van der Waals surface area contributed by atoms with Gasteiger partial charge in [0.2, 0.25) is 0 Å². The molecule has 0 N–H and O–H groups in total. The molecule has 0 aromatic rings. The van der Waals surface area contributed by atoms with Gasteiger partial charge in [0.25, 0.3) is 0 Å². The molecule has 1 unspecified atom stereocenters. The van der Waals surface area contributed by atoms with E-state index in [0.717, 1.165) is 0 Å². The van der Waals surface area contributed by atoms with Crippen LogP contribution < -0.4 is 0 Å². The van der Waals surface area contributed by atoms with Crippen LogP contribution in [0.3, 0.4) is 0 Å². The molecule has 1 rings (SSSR count). The number of hydrogen-bond acceptors (Lipinski definition) is 1. The third-order valence-corrected chi connectivity index (χ3v) is 1.25. The monoisotopic (exact) mass is 126 g/mol. The van der Waals surface area contributed by atoms with Gasteiger partial charge in [-0.25, -0.2) is 4.39 Å². The summed E-state index contributed by atoms with van der Waals surface area (Å²) in [4.78, 5) is 10.0. The molecule has 0 heterocycles. The lowest BCUT2D eigenvalue weighted by Gasteiger charge is -2.12. The summed E-state index contributed by atoms with van der Waals surface area (Å²) < 4.78 is 12.8. The molecule has 0 radical (unpaired) electrons. The van der Waals surface area contributed by atoms with Gasteiger partial charge in [0.15, 0.2) is 12.0 Å². The molecule has 1 atom stereocenters. The smallest absolute Gasteiger partial charge is 0.187 e. The molecule has 0 aliphatic heterocycles. The maximum atomic E-state index is 12.8. The van der Waals surface area contributed by atoms with E-state index >= 15 is 0 Å². The predicted octanol–water partition coefficient (Wildman–Crippen LogP) is 1.41. The van der Waals surface area contributed by atoms with Gasteiger partial charge in [0.05, 0.1) is 0 Å². The Morgan fingerprint density at radius 1 is 1.56 bits per heavy atom. The third-order valence-electron chi connectivity index (χ3n) is 1.25. The summed E-state index contributed by atoms with van der Waals surface area (Å²) in [5.41, 5.74) is -1.73. The first-order chi connectivity index (χ1) is 4.27. The summed E-state index contributed by atoms with van der Waals surface area (Å²) in [6.07, 6.45) is 6.66. The number of carbonyl (C=O) groups excluding carboxylic acids is 1. The van der Waals surface area contributed by atoms with Crippen LogP contribution in [0.5, 0.6) is 0 Å². The van der Waals surface area contributed by atoms with Crippen molar-refractivity contribution in [2.24, 2.45) is 0 Å². The van der Waals surface area contributed by atoms with Gasteiger partial charge in [-0.2, -0.15) is 0 Å². The second-order valence-electron chi connectivity index (χ2n) is 2.04. The summed E-state index contributed by atoms with van der Waals surface area (Å²) in [6.45, 7) is 0. The average molecular weight is 126 g/mol. The number of carbonyl (C=O) groups is 1. The van der Waals surface area contributed by atoms with Crippen LogP contribution in [0.15, 0.2) is 24.3 Å². The Kier molecular flexibility index (Phi) is 1.47. The van der Waals surface area contributed by atoms with Crippen molar-refractivity contribution in [2.75, 3.05) is 0 Å². The van der Waals surface area contributed by atoms with E-state index in [0.29, 0.717) is 6.29 Å². The molecule has 0 saturated carbocycles. The molecule has 0 aromatic heterocycles. The minimum Gasteiger partial charge on any atom is -0.299 e. The van der Waals surface area contributed by atoms with E-state index in [9.17, 15) is 9.18 Å². The fourth-order valence-electron chi connectivity index (χ4n) is 0.698. The van der Waals surface area contributed by atoms with E-state index < -0.39 is 5.67 Å². The standard InChI is InChI=1S/C7H7FO/c8-7(6-9)4-2-1-3-5-7/h1-4,6H,5H2. The van der Waals surface area contributed by atoms with Crippen molar-refractivity contribution in [3.8, 4) is 0 Å². The predicted molar refractivity (Wildman–Crippen MR) is 32.8 cm³/mol. The summed E-state index contributed by atoms with van der Waals surface area (Å²) in [6, 6.07) is 0. The van der Waals surface area contributed by atoms with E-state index in [4.69, 9.17) is 0 Å². The molecule has 9 heavy (non-hydrogen) atoms. The minimum atomic E-state index is -1.73. The number of hydrogen-bond donors (Lipinski definition) is 0. The third kappa shape index (κ3) is 1.25. The highest BCUT2D eigenvalue weighted by atomic mass is 19.1. The van der Waals surface area contributed by atoms with Crippen molar-refractivity contribution in [2.45, 2.75) is 12.1 Å². The van der Waals surface area contributed by atoms with Crippen LogP contribution in [0.2, 0.25) is 0 Å². The Bertz CT molecular complexity index is 172. The van der Waals surface area contributed by atoms with Crippen molar-refractivity contribution < 1.29 is 9.18 Å². The molecule has 0 spiro atoms. The van der Waals surface area contributed by atoms with E-state index in [2.05, 4.69) is 0 Å². The van der Waals surface area contributed by atoms with Gasteiger partial charge in [-0.05, 0) is 6.08 Å². The molecule has 48 valence electrons. The molecule has 2 heteroatoms. The molecule has 0 amide bonds.